The van der Waals surface area contributed by atoms with E-state index >= 15 is 0 Å². The van der Waals surface area contributed by atoms with Crippen LogP contribution in [-0.2, 0) is 30.9 Å². The molecule has 0 saturated carbocycles. The maximum absolute atomic E-state index is 8.36. The molecule has 0 bridgehead atoms. The average molecular weight is 340 g/mol. The molecule has 0 aliphatic heterocycles. The molecule has 0 unspecified atom stereocenters. The van der Waals surface area contributed by atoms with Crippen molar-refractivity contribution in [2.45, 2.75) is 4.43 Å². The van der Waals surface area contributed by atoms with Crippen LogP contribution < -0.4 is 0 Å². The van der Waals surface area contributed by atoms with E-state index in [0.717, 1.165) is 26.1 Å². The van der Waals surface area contributed by atoms with Gasteiger partial charge < -0.3 is 5.11 Å². The van der Waals surface area contributed by atoms with Crippen LogP contribution >= 0.6 is 0 Å². The summed E-state index contributed by atoms with van der Waals surface area (Å²) in [6, 6.07) is 12.0. The summed E-state index contributed by atoms with van der Waals surface area (Å²) in [5.74, 6) is 0. The number of hydrogen-bond donors (Lipinski definition) is 1. The summed E-state index contributed by atoms with van der Waals surface area (Å²) in [6.07, 6.45) is 0. The molecule has 0 spiro atoms. The van der Waals surface area contributed by atoms with E-state index in [-0.39, 0.29) is 6.47 Å². The van der Waals surface area contributed by atoms with Crippen molar-refractivity contribution in [2.75, 3.05) is 0 Å². The van der Waals surface area contributed by atoms with Gasteiger partial charge in [-0.25, -0.2) is 0 Å². The molecule has 3 heteroatoms. The van der Waals surface area contributed by atoms with Gasteiger partial charge in [0.15, 0.2) is 0 Å². The molecule has 1 aromatic rings. The number of carbonyl (C=O) groups is 1. The second-order valence-electron chi connectivity index (χ2n) is 1.26. The van der Waals surface area contributed by atoms with Gasteiger partial charge >= 0.3 is 30.6 Å². The summed E-state index contributed by atoms with van der Waals surface area (Å²) in [4.78, 5) is 8.36. The first-order valence-corrected chi connectivity index (χ1v) is 8.70. The smallest absolute Gasteiger partial charge is 0.0623 e. The van der Waals surface area contributed by atoms with Gasteiger partial charge in [-0.2, -0.15) is 0 Å². The van der Waals surface area contributed by atoms with Crippen molar-refractivity contribution >= 4 is 6.47 Å². The Morgan fingerprint density at radius 3 is 1.18 bits per heavy atom. The molecule has 1 rings (SSSR count). The van der Waals surface area contributed by atoms with Gasteiger partial charge in [0.25, 0.3) is 6.47 Å². The van der Waals surface area contributed by atoms with E-state index in [9.17, 15) is 0 Å². The number of carboxylic acid groups (broad SMARTS) is 1. The van der Waals surface area contributed by atoms with Crippen LogP contribution in [0.15, 0.2) is 36.4 Å². The molecule has 11 heavy (non-hydrogen) atoms. The predicted octanol–water partition coefficient (Wildman–Crippen LogP) is 1.97. The predicted molar refractivity (Wildman–Crippen MR) is 41.0 cm³/mol. The van der Waals surface area contributed by atoms with Crippen LogP contribution in [-0.4, -0.2) is 11.6 Å². The maximum atomic E-state index is 8.36. The molecule has 0 aliphatic rings. The largest absolute Gasteiger partial charge is 0.0623 e. The van der Waals surface area contributed by atoms with Gasteiger partial charge in [0, 0.05) is 0 Å². The summed E-state index contributed by atoms with van der Waals surface area (Å²) < 4.78 is 2.19. The zero-order chi connectivity index (χ0) is 8.95. The fourth-order valence-corrected chi connectivity index (χ4v) is 0.385. The zero-order valence-electron chi connectivity index (χ0n) is 6.60. The molecule has 0 heterocycles. The minimum absolute atomic E-state index is 0.250. The Labute approximate surface area is 83.2 Å². The molecule has 0 saturated heterocycles. The Morgan fingerprint density at radius 2 is 1.09 bits per heavy atom. The van der Waals surface area contributed by atoms with Crippen LogP contribution in [0, 0.1) is 0 Å². The van der Waals surface area contributed by atoms with Crippen molar-refractivity contribution in [1.29, 1.82) is 0 Å². The second kappa shape index (κ2) is 16.3. The number of hydrogen-bond acceptors (Lipinski definition) is 1. The quantitative estimate of drug-likeness (QED) is 0.579. The monoisotopic (exact) mass is 341 g/mol. The molecule has 2 nitrogen and oxygen atoms in total. The fourth-order valence-electron chi connectivity index (χ4n) is 0.385. The van der Waals surface area contributed by atoms with Gasteiger partial charge in [0.2, 0.25) is 0 Å². The van der Waals surface area contributed by atoms with E-state index in [1.54, 1.807) is 0 Å². The molecular formula is C8H11HgO2. The van der Waals surface area contributed by atoms with Gasteiger partial charge in [-0.3, -0.25) is 4.79 Å². The first kappa shape index (κ1) is 13.2. The van der Waals surface area contributed by atoms with Gasteiger partial charge in [-0.05, 0) is 0 Å². The number of rotatable bonds is 0. The third-order valence-electron chi connectivity index (χ3n) is 0.667. The van der Waals surface area contributed by atoms with Crippen molar-refractivity contribution < 1.29 is 36.0 Å². The minimum atomic E-state index is -0.250. The summed E-state index contributed by atoms with van der Waals surface area (Å²) in [7, 11) is 0. The molecular weight excluding hydrogens is 329 g/mol. The molecule has 0 amide bonds. The van der Waals surface area contributed by atoms with Crippen molar-refractivity contribution in [1.82, 2.24) is 0 Å². The van der Waals surface area contributed by atoms with Crippen LogP contribution in [0.4, 0.5) is 0 Å². The third-order valence-corrected chi connectivity index (χ3v) is 0.667. The van der Waals surface area contributed by atoms with Crippen molar-refractivity contribution in [3.63, 3.8) is 0 Å². The van der Waals surface area contributed by atoms with Crippen LogP contribution in [0.2, 0.25) is 4.43 Å². The van der Waals surface area contributed by atoms with Crippen LogP contribution in [0.25, 0.3) is 0 Å². The number of benzene rings is 1. The summed E-state index contributed by atoms with van der Waals surface area (Å²) >= 11 is 1.03. The van der Waals surface area contributed by atoms with E-state index in [1.807, 2.05) is 36.4 Å². The van der Waals surface area contributed by atoms with Crippen molar-refractivity contribution in [3.8, 4) is 0 Å². The fraction of sp³-hybridized carbons (Fsp3) is 0.125. The Balaban J connectivity index is 0. The van der Waals surface area contributed by atoms with Gasteiger partial charge in [0.1, 0.15) is 0 Å². The normalized spacial score (nSPS) is 6.09. The standard InChI is InChI=1S/C6H6.CH2O2.CH3.Hg/c1-2-4-6-5-3-1;2-1-3;;/h1-6H;1H,(H,2,3);1H3;. The van der Waals surface area contributed by atoms with Crippen LogP contribution in [0.1, 0.15) is 0 Å². The van der Waals surface area contributed by atoms with Gasteiger partial charge in [-0.15, -0.1) is 0 Å². The van der Waals surface area contributed by atoms with E-state index in [4.69, 9.17) is 9.90 Å². The topological polar surface area (TPSA) is 37.3 Å². The molecule has 0 atom stereocenters. The molecule has 0 radical (unpaired) electrons. The van der Waals surface area contributed by atoms with E-state index in [1.165, 1.54) is 0 Å². The van der Waals surface area contributed by atoms with Gasteiger partial charge in [-0.1, -0.05) is 36.4 Å². The Morgan fingerprint density at radius 1 is 1.00 bits per heavy atom. The Hall–Kier alpha value is -0.375. The van der Waals surface area contributed by atoms with Gasteiger partial charge in [0.05, 0.1) is 0 Å². The Bertz CT molecular complexity index is 115. The Kier molecular flexibility index (Phi) is 19.6. The SMILES string of the molecule is O=CO.[CH3][Hg].c1ccccc1. The van der Waals surface area contributed by atoms with E-state index < -0.39 is 0 Å². The molecule has 1 aromatic carbocycles. The third kappa shape index (κ3) is 17.7. The average Bonchev–Trinajstić information content (AvgIpc) is 2.12. The molecule has 1 N–H and O–H groups in total. The molecule has 0 fully saturated rings. The van der Waals surface area contributed by atoms with E-state index in [0.29, 0.717) is 0 Å². The van der Waals surface area contributed by atoms with Crippen molar-refractivity contribution in [2.24, 2.45) is 0 Å². The molecule has 0 aliphatic carbocycles. The van der Waals surface area contributed by atoms with Crippen LogP contribution in [0.3, 0.4) is 0 Å². The molecule has 0 aromatic heterocycles. The summed E-state index contributed by atoms with van der Waals surface area (Å²) in [5, 5.41) is 6.89. The molecule has 57 valence electrons. The second-order valence-corrected chi connectivity index (χ2v) is 1.26. The van der Waals surface area contributed by atoms with E-state index in [2.05, 4.69) is 4.43 Å². The first-order valence-electron chi connectivity index (χ1n) is 3.20. The first-order chi connectivity index (χ1) is 5.41. The summed E-state index contributed by atoms with van der Waals surface area (Å²) in [6.45, 7) is -0.250. The van der Waals surface area contributed by atoms with Crippen LogP contribution in [0.5, 0.6) is 0 Å². The zero-order valence-corrected chi connectivity index (χ0v) is 12.1. The summed E-state index contributed by atoms with van der Waals surface area (Å²) in [5.41, 5.74) is 0. The van der Waals surface area contributed by atoms with Crippen molar-refractivity contribution in [3.05, 3.63) is 36.4 Å². The minimum Gasteiger partial charge on any atom is -0.0623 e. The maximum Gasteiger partial charge on any atom is -0.0623 e.